The van der Waals surface area contributed by atoms with Gasteiger partial charge in [0, 0.05) is 30.8 Å². The minimum atomic E-state index is -1.09. The zero-order chi connectivity index (χ0) is 28.2. The molecule has 2 aromatic carbocycles. The number of aliphatic hydroxyl groups excluding tert-OH is 2. The van der Waals surface area contributed by atoms with Gasteiger partial charge in [-0.1, -0.05) is 18.2 Å². The summed E-state index contributed by atoms with van der Waals surface area (Å²) in [5.74, 6) is 0.552. The molecule has 0 bridgehead atoms. The van der Waals surface area contributed by atoms with E-state index in [1.54, 1.807) is 31.3 Å². The zero-order valence-electron chi connectivity index (χ0n) is 22.7. The molecule has 5 rings (SSSR count). The Balaban J connectivity index is 1.52. The number of carbonyl (C=O) groups is 2. The molecule has 2 amide bonds. The first kappa shape index (κ1) is 27.9. The van der Waals surface area contributed by atoms with Gasteiger partial charge in [-0.05, 0) is 48.7 Å². The lowest BCUT2D eigenvalue weighted by atomic mass is 9.77. The van der Waals surface area contributed by atoms with E-state index in [4.69, 9.17) is 18.9 Å². The predicted molar refractivity (Wildman–Crippen MR) is 145 cm³/mol. The summed E-state index contributed by atoms with van der Waals surface area (Å²) in [7, 11) is 3.17. The van der Waals surface area contributed by atoms with Crippen molar-refractivity contribution in [1.29, 1.82) is 0 Å². The Morgan fingerprint density at radius 3 is 2.70 bits per heavy atom. The SMILES string of the molecule is COc1ccc(OC)c(CCN(C(=O)C2CCOC2)[C@@H]2C=C(C(=O)NCCO)[C@@H]3c4ccccc4O[C@@H]3[C@H]2O)c1. The summed E-state index contributed by atoms with van der Waals surface area (Å²) in [6.45, 7) is 0.936. The molecule has 3 aliphatic rings. The number of nitrogens with zero attached hydrogens (tertiary/aromatic N) is 1. The van der Waals surface area contributed by atoms with Crippen LogP contribution in [0.2, 0.25) is 0 Å². The van der Waals surface area contributed by atoms with Crippen LogP contribution in [-0.2, 0) is 20.7 Å². The smallest absolute Gasteiger partial charge is 0.247 e. The van der Waals surface area contributed by atoms with Crippen LogP contribution in [-0.4, -0.2) is 92.3 Å². The van der Waals surface area contributed by atoms with Crippen LogP contribution in [0.4, 0.5) is 0 Å². The lowest BCUT2D eigenvalue weighted by molar-refractivity contribution is -0.141. The summed E-state index contributed by atoms with van der Waals surface area (Å²) in [6.07, 6.45) is 0.856. The van der Waals surface area contributed by atoms with Crippen LogP contribution in [0.1, 0.15) is 23.5 Å². The Hall–Kier alpha value is -3.60. The number of rotatable bonds is 10. The molecular weight excluding hydrogens is 516 g/mol. The number of ether oxygens (including phenoxy) is 4. The van der Waals surface area contributed by atoms with E-state index in [0.29, 0.717) is 48.9 Å². The van der Waals surface area contributed by atoms with Gasteiger partial charge in [-0.25, -0.2) is 0 Å². The van der Waals surface area contributed by atoms with Crippen molar-refractivity contribution in [3.8, 4) is 17.2 Å². The van der Waals surface area contributed by atoms with Crippen molar-refractivity contribution >= 4 is 11.8 Å². The van der Waals surface area contributed by atoms with E-state index in [1.165, 1.54) is 0 Å². The Labute approximate surface area is 233 Å². The number of fused-ring (bicyclic) bond motifs is 3. The summed E-state index contributed by atoms with van der Waals surface area (Å²) in [4.78, 5) is 28.9. The maximum atomic E-state index is 13.9. The summed E-state index contributed by atoms with van der Waals surface area (Å²) in [5.41, 5.74) is 2.05. The number of amides is 2. The van der Waals surface area contributed by atoms with E-state index >= 15 is 0 Å². The third-order valence-corrected chi connectivity index (χ3v) is 7.91. The fourth-order valence-corrected chi connectivity index (χ4v) is 5.88. The van der Waals surface area contributed by atoms with E-state index in [-0.39, 0.29) is 37.4 Å². The van der Waals surface area contributed by atoms with Crippen molar-refractivity contribution in [3.63, 3.8) is 0 Å². The molecule has 2 aliphatic heterocycles. The van der Waals surface area contributed by atoms with E-state index in [0.717, 1.165) is 11.1 Å². The highest BCUT2D eigenvalue weighted by Crippen LogP contribution is 2.47. The van der Waals surface area contributed by atoms with E-state index < -0.39 is 24.2 Å². The largest absolute Gasteiger partial charge is 0.497 e. The van der Waals surface area contributed by atoms with Gasteiger partial charge >= 0.3 is 0 Å². The Bertz CT molecular complexity index is 1260. The van der Waals surface area contributed by atoms with Gasteiger partial charge in [0.05, 0.1) is 45.3 Å². The molecule has 1 unspecified atom stereocenters. The second-order valence-electron chi connectivity index (χ2n) is 10.2. The summed E-state index contributed by atoms with van der Waals surface area (Å²) in [6, 6.07) is 12.1. The highest BCUT2D eigenvalue weighted by atomic mass is 16.5. The van der Waals surface area contributed by atoms with Crippen LogP contribution >= 0.6 is 0 Å². The Morgan fingerprint density at radius 2 is 1.98 bits per heavy atom. The number of hydrogen-bond acceptors (Lipinski definition) is 8. The number of carbonyl (C=O) groups excluding carboxylic acids is 2. The number of benzene rings is 2. The third-order valence-electron chi connectivity index (χ3n) is 7.91. The molecule has 5 atom stereocenters. The van der Waals surface area contributed by atoms with Crippen molar-refractivity contribution in [2.75, 3.05) is 47.1 Å². The maximum Gasteiger partial charge on any atom is 0.247 e. The number of para-hydroxylation sites is 1. The van der Waals surface area contributed by atoms with Gasteiger partial charge in [0.2, 0.25) is 11.8 Å². The molecule has 0 radical (unpaired) electrons. The second-order valence-corrected chi connectivity index (χ2v) is 10.2. The van der Waals surface area contributed by atoms with E-state index in [9.17, 15) is 19.8 Å². The van der Waals surface area contributed by atoms with Gasteiger partial charge in [-0.3, -0.25) is 9.59 Å². The molecule has 1 saturated heterocycles. The molecule has 0 spiro atoms. The van der Waals surface area contributed by atoms with Crippen LogP contribution in [0.15, 0.2) is 54.1 Å². The van der Waals surface area contributed by atoms with Crippen LogP contribution in [0, 0.1) is 5.92 Å². The summed E-state index contributed by atoms with van der Waals surface area (Å²) < 4.78 is 22.7. The van der Waals surface area contributed by atoms with Gasteiger partial charge in [-0.2, -0.15) is 0 Å². The van der Waals surface area contributed by atoms with Gasteiger partial charge in [0.25, 0.3) is 0 Å². The lowest BCUT2D eigenvalue weighted by Crippen LogP contribution is -2.57. The van der Waals surface area contributed by atoms with Gasteiger partial charge in [0.15, 0.2) is 0 Å². The molecule has 1 aliphatic carbocycles. The zero-order valence-corrected chi connectivity index (χ0v) is 22.7. The second kappa shape index (κ2) is 12.3. The number of aliphatic hydroxyl groups is 2. The van der Waals surface area contributed by atoms with Crippen molar-refractivity contribution in [2.45, 2.75) is 37.0 Å². The van der Waals surface area contributed by atoms with Crippen molar-refractivity contribution in [2.24, 2.45) is 5.92 Å². The van der Waals surface area contributed by atoms with Crippen molar-refractivity contribution < 1.29 is 38.7 Å². The number of methoxy groups -OCH3 is 2. The molecule has 0 aromatic heterocycles. The first-order valence-electron chi connectivity index (χ1n) is 13.6. The van der Waals surface area contributed by atoms with Gasteiger partial charge < -0.3 is 39.4 Å². The van der Waals surface area contributed by atoms with Gasteiger partial charge in [0.1, 0.15) is 29.5 Å². The van der Waals surface area contributed by atoms with Crippen LogP contribution in [0.5, 0.6) is 17.2 Å². The predicted octanol–water partition coefficient (Wildman–Crippen LogP) is 1.43. The molecule has 214 valence electrons. The third kappa shape index (κ3) is 5.39. The quantitative estimate of drug-likeness (QED) is 0.404. The van der Waals surface area contributed by atoms with Crippen molar-refractivity contribution in [3.05, 3.63) is 65.2 Å². The van der Waals surface area contributed by atoms with E-state index in [2.05, 4.69) is 5.32 Å². The van der Waals surface area contributed by atoms with Gasteiger partial charge in [-0.15, -0.1) is 0 Å². The van der Waals surface area contributed by atoms with E-state index in [1.807, 2.05) is 36.4 Å². The molecule has 0 saturated carbocycles. The average molecular weight is 553 g/mol. The standard InChI is InChI=1S/C30H36N2O8/c1-37-20-7-8-24(38-2)18(15-20)9-12-32(30(36)19-10-14-39-17-19)23-16-22(29(35)31-11-13-33)26-21-5-3-4-6-25(21)40-28(26)27(23)34/h3-8,15-16,19,23,26-28,33-34H,9-14,17H2,1-2H3,(H,31,35)/t19?,23-,26+,27+,28+/m1/s1. The maximum absolute atomic E-state index is 13.9. The molecule has 3 N–H and O–H groups in total. The summed E-state index contributed by atoms with van der Waals surface area (Å²) >= 11 is 0. The summed E-state index contributed by atoms with van der Waals surface area (Å²) in [5, 5.41) is 23.8. The fourth-order valence-electron chi connectivity index (χ4n) is 5.88. The number of hydrogen-bond donors (Lipinski definition) is 3. The number of nitrogens with one attached hydrogen (secondary N) is 1. The monoisotopic (exact) mass is 552 g/mol. The van der Waals surface area contributed by atoms with Crippen LogP contribution in [0.3, 0.4) is 0 Å². The fraction of sp³-hybridized carbons (Fsp3) is 0.467. The molecule has 2 heterocycles. The highest BCUT2D eigenvalue weighted by Gasteiger charge is 2.50. The minimum absolute atomic E-state index is 0.0843. The molecular formula is C30H36N2O8. The van der Waals surface area contributed by atoms with Crippen LogP contribution in [0.25, 0.3) is 0 Å². The first-order valence-corrected chi connectivity index (χ1v) is 13.6. The Morgan fingerprint density at radius 1 is 1.15 bits per heavy atom. The highest BCUT2D eigenvalue weighted by molar-refractivity contribution is 5.96. The normalized spacial score (nSPS) is 24.8. The molecule has 2 aromatic rings. The molecule has 40 heavy (non-hydrogen) atoms. The van der Waals surface area contributed by atoms with Crippen LogP contribution < -0.4 is 19.5 Å². The Kier molecular flexibility index (Phi) is 8.58. The minimum Gasteiger partial charge on any atom is -0.497 e. The molecule has 1 fully saturated rings. The molecule has 10 nitrogen and oxygen atoms in total. The average Bonchev–Trinajstić information content (AvgIpc) is 3.66. The first-order chi connectivity index (χ1) is 19.5. The topological polar surface area (TPSA) is 127 Å². The van der Waals surface area contributed by atoms with Crippen molar-refractivity contribution in [1.82, 2.24) is 10.2 Å². The molecule has 10 heteroatoms. The lowest BCUT2D eigenvalue weighted by Gasteiger charge is -2.41.